The van der Waals surface area contributed by atoms with E-state index in [1.165, 1.54) is 7.11 Å². The van der Waals surface area contributed by atoms with Crippen LogP contribution in [-0.2, 0) is 6.42 Å². The average Bonchev–Trinajstić information content (AvgIpc) is 2.48. The number of nitro benzene ring substituents is 1. The van der Waals surface area contributed by atoms with E-state index in [9.17, 15) is 10.1 Å². The van der Waals surface area contributed by atoms with Crippen LogP contribution in [-0.4, -0.2) is 49.7 Å². The third-order valence-electron chi connectivity index (χ3n) is 3.59. The van der Waals surface area contributed by atoms with Crippen molar-refractivity contribution in [1.82, 2.24) is 10.2 Å². The lowest BCUT2D eigenvalue weighted by Crippen LogP contribution is -2.43. The number of piperazine rings is 1. The highest BCUT2D eigenvalue weighted by atomic mass is 16.6. The normalized spacial score (nSPS) is 16.1. The summed E-state index contributed by atoms with van der Waals surface area (Å²) in [5.41, 5.74) is 1.04. The Bertz CT molecular complexity index is 459. The van der Waals surface area contributed by atoms with Crippen molar-refractivity contribution >= 4 is 5.69 Å². The second-order valence-electron chi connectivity index (χ2n) is 4.96. The number of hydrogen-bond donors (Lipinski definition) is 1. The molecule has 6 heteroatoms. The van der Waals surface area contributed by atoms with E-state index in [1.54, 1.807) is 12.1 Å². The molecule has 1 aliphatic rings. The van der Waals surface area contributed by atoms with Crippen molar-refractivity contribution < 1.29 is 9.66 Å². The third-order valence-corrected chi connectivity index (χ3v) is 3.59. The van der Waals surface area contributed by atoms with Crippen LogP contribution in [0.3, 0.4) is 0 Å². The van der Waals surface area contributed by atoms with E-state index >= 15 is 0 Å². The van der Waals surface area contributed by atoms with Gasteiger partial charge in [-0.2, -0.15) is 0 Å². The molecule has 0 saturated carbocycles. The summed E-state index contributed by atoms with van der Waals surface area (Å²) in [5.74, 6) is 0.320. The molecule has 0 amide bonds. The monoisotopic (exact) mass is 279 g/mol. The lowest BCUT2D eigenvalue weighted by Gasteiger charge is -2.27. The zero-order valence-corrected chi connectivity index (χ0v) is 11.8. The predicted molar refractivity (Wildman–Crippen MR) is 77.3 cm³/mol. The number of benzene rings is 1. The van der Waals surface area contributed by atoms with E-state index in [2.05, 4.69) is 10.2 Å². The molecule has 0 atom stereocenters. The Labute approximate surface area is 118 Å². The van der Waals surface area contributed by atoms with E-state index in [0.717, 1.165) is 51.1 Å². The maximum absolute atomic E-state index is 11.0. The number of nitrogens with zero attached hydrogens (tertiary/aromatic N) is 2. The Kier molecular flexibility index (Phi) is 5.31. The van der Waals surface area contributed by atoms with Crippen molar-refractivity contribution in [3.05, 3.63) is 33.9 Å². The molecule has 1 fully saturated rings. The van der Waals surface area contributed by atoms with Crippen molar-refractivity contribution in [3.63, 3.8) is 0 Å². The first-order valence-electron chi connectivity index (χ1n) is 6.95. The van der Waals surface area contributed by atoms with E-state index in [-0.39, 0.29) is 5.69 Å². The Balaban J connectivity index is 1.89. The highest BCUT2D eigenvalue weighted by molar-refractivity contribution is 5.48. The minimum absolute atomic E-state index is 0.0483. The lowest BCUT2D eigenvalue weighted by atomic mass is 10.1. The molecular weight excluding hydrogens is 258 g/mol. The van der Waals surface area contributed by atoms with Crippen LogP contribution in [0.4, 0.5) is 5.69 Å². The third kappa shape index (κ3) is 3.91. The van der Waals surface area contributed by atoms with Crippen molar-refractivity contribution in [2.24, 2.45) is 0 Å². The molecule has 0 unspecified atom stereocenters. The number of ether oxygens (including phenoxy) is 1. The van der Waals surface area contributed by atoms with Gasteiger partial charge in [0.1, 0.15) is 0 Å². The molecular formula is C14H21N3O3. The number of hydrogen-bond acceptors (Lipinski definition) is 5. The first-order valence-corrected chi connectivity index (χ1v) is 6.95. The summed E-state index contributed by atoms with van der Waals surface area (Å²) < 4.78 is 5.00. The Hall–Kier alpha value is -1.66. The molecule has 110 valence electrons. The standard InChI is InChI=1S/C14H21N3O3/c1-20-14-5-4-12(11-13(14)17(18)19)3-2-8-16-9-6-15-7-10-16/h4-5,11,15H,2-3,6-10H2,1H3. The van der Waals surface area contributed by atoms with Crippen LogP contribution < -0.4 is 10.1 Å². The van der Waals surface area contributed by atoms with E-state index in [0.29, 0.717) is 5.75 Å². The summed E-state index contributed by atoms with van der Waals surface area (Å²) in [6.07, 6.45) is 1.87. The molecule has 1 heterocycles. The van der Waals surface area contributed by atoms with Gasteiger partial charge in [0.05, 0.1) is 12.0 Å². The maximum Gasteiger partial charge on any atom is 0.311 e. The number of nitrogens with one attached hydrogen (secondary N) is 1. The van der Waals surface area contributed by atoms with Crippen LogP contribution in [0.1, 0.15) is 12.0 Å². The Morgan fingerprint density at radius 2 is 2.15 bits per heavy atom. The van der Waals surface area contributed by atoms with Gasteiger partial charge in [0.25, 0.3) is 0 Å². The molecule has 1 N–H and O–H groups in total. The summed E-state index contributed by atoms with van der Waals surface area (Å²) in [6.45, 7) is 5.31. The smallest absolute Gasteiger partial charge is 0.311 e. The van der Waals surface area contributed by atoms with Gasteiger partial charge in [-0.15, -0.1) is 0 Å². The van der Waals surface area contributed by atoms with Crippen LogP contribution in [0, 0.1) is 10.1 Å². The summed E-state index contributed by atoms with van der Waals surface area (Å²) >= 11 is 0. The zero-order valence-electron chi connectivity index (χ0n) is 11.8. The Morgan fingerprint density at radius 1 is 1.40 bits per heavy atom. The van der Waals surface area contributed by atoms with Gasteiger partial charge in [-0.05, 0) is 31.0 Å². The number of rotatable bonds is 6. The summed E-state index contributed by atoms with van der Waals surface area (Å²) in [5, 5.41) is 14.3. The summed E-state index contributed by atoms with van der Waals surface area (Å²) in [7, 11) is 1.45. The second-order valence-corrected chi connectivity index (χ2v) is 4.96. The first kappa shape index (κ1) is 14.7. The molecule has 0 bridgehead atoms. The molecule has 0 radical (unpaired) electrons. The molecule has 20 heavy (non-hydrogen) atoms. The molecule has 1 aliphatic heterocycles. The van der Waals surface area contributed by atoms with Crippen LogP contribution in [0.5, 0.6) is 5.75 Å². The van der Waals surface area contributed by atoms with Crippen LogP contribution >= 0.6 is 0 Å². The summed E-state index contributed by atoms with van der Waals surface area (Å²) in [4.78, 5) is 13.0. The second kappa shape index (κ2) is 7.21. The quantitative estimate of drug-likeness (QED) is 0.630. The SMILES string of the molecule is COc1ccc(CCCN2CCNCC2)cc1[N+](=O)[O-]. The lowest BCUT2D eigenvalue weighted by molar-refractivity contribution is -0.385. The van der Waals surface area contributed by atoms with E-state index in [1.807, 2.05) is 6.07 Å². The predicted octanol–water partition coefficient (Wildman–Crippen LogP) is 1.44. The minimum Gasteiger partial charge on any atom is -0.490 e. The highest BCUT2D eigenvalue weighted by Crippen LogP contribution is 2.27. The summed E-state index contributed by atoms with van der Waals surface area (Å²) in [6, 6.07) is 5.21. The van der Waals surface area contributed by atoms with Crippen molar-refractivity contribution in [1.29, 1.82) is 0 Å². The molecule has 2 rings (SSSR count). The van der Waals surface area contributed by atoms with Gasteiger partial charge >= 0.3 is 5.69 Å². The number of aryl methyl sites for hydroxylation is 1. The van der Waals surface area contributed by atoms with E-state index in [4.69, 9.17) is 4.74 Å². The molecule has 1 aromatic rings. The zero-order chi connectivity index (χ0) is 14.4. The molecule has 0 aromatic heterocycles. The van der Waals surface area contributed by atoms with Crippen molar-refractivity contribution in [2.45, 2.75) is 12.8 Å². The fourth-order valence-electron chi connectivity index (χ4n) is 2.48. The maximum atomic E-state index is 11.0. The molecule has 0 aliphatic carbocycles. The van der Waals surface area contributed by atoms with Crippen LogP contribution in [0.2, 0.25) is 0 Å². The molecule has 6 nitrogen and oxygen atoms in total. The Morgan fingerprint density at radius 3 is 2.80 bits per heavy atom. The van der Waals surface area contributed by atoms with Gasteiger partial charge in [0.15, 0.2) is 5.75 Å². The van der Waals surface area contributed by atoms with Crippen LogP contribution in [0.15, 0.2) is 18.2 Å². The van der Waals surface area contributed by atoms with E-state index < -0.39 is 4.92 Å². The van der Waals surface area contributed by atoms with Gasteiger partial charge in [-0.25, -0.2) is 0 Å². The van der Waals surface area contributed by atoms with Gasteiger partial charge in [0, 0.05) is 32.2 Å². The van der Waals surface area contributed by atoms with Gasteiger partial charge < -0.3 is 15.0 Å². The van der Waals surface area contributed by atoms with Crippen molar-refractivity contribution in [3.8, 4) is 5.75 Å². The topological polar surface area (TPSA) is 67.6 Å². The molecule has 1 aromatic carbocycles. The minimum atomic E-state index is -0.390. The van der Waals surface area contributed by atoms with Gasteiger partial charge in [-0.1, -0.05) is 6.07 Å². The fraction of sp³-hybridized carbons (Fsp3) is 0.571. The number of nitro groups is 1. The first-order chi connectivity index (χ1) is 9.70. The number of methoxy groups -OCH3 is 1. The van der Waals surface area contributed by atoms with Crippen LogP contribution in [0.25, 0.3) is 0 Å². The van der Waals surface area contributed by atoms with Crippen molar-refractivity contribution in [2.75, 3.05) is 39.8 Å². The molecule has 1 saturated heterocycles. The van der Waals surface area contributed by atoms with Gasteiger partial charge in [0.2, 0.25) is 0 Å². The fourth-order valence-corrected chi connectivity index (χ4v) is 2.48. The largest absolute Gasteiger partial charge is 0.490 e. The molecule has 0 spiro atoms. The average molecular weight is 279 g/mol. The highest BCUT2D eigenvalue weighted by Gasteiger charge is 2.15. The van der Waals surface area contributed by atoms with Gasteiger partial charge in [-0.3, -0.25) is 10.1 Å².